The molecule has 0 aliphatic carbocycles. The smallest absolute Gasteiger partial charge is 0.321 e. The Morgan fingerprint density at radius 2 is 2.12 bits per heavy atom. The van der Waals surface area contributed by atoms with E-state index in [-0.39, 0.29) is 0 Å². The second-order valence-corrected chi connectivity index (χ2v) is 4.64. The highest BCUT2D eigenvalue weighted by Crippen LogP contribution is 2.33. The Bertz CT molecular complexity index is 510. The number of nitrogens with zero attached hydrogens (tertiary/aromatic N) is 2. The Labute approximate surface area is 103 Å². The number of carbonyl (C=O) groups is 1. The van der Waals surface area contributed by atoms with Crippen LogP contribution in [0.4, 0.5) is 0 Å². The fourth-order valence-electron chi connectivity index (χ4n) is 1.46. The van der Waals surface area contributed by atoms with Crippen molar-refractivity contribution in [3.8, 4) is 0 Å². The van der Waals surface area contributed by atoms with E-state index in [4.69, 9.17) is 0 Å². The maximum Gasteiger partial charge on any atom is 0.321 e. The van der Waals surface area contributed by atoms with Crippen molar-refractivity contribution in [2.75, 3.05) is 0 Å². The Morgan fingerprint density at radius 1 is 1.41 bits per heavy atom. The third kappa shape index (κ3) is 2.68. The molecule has 2 aromatic rings. The van der Waals surface area contributed by atoms with Gasteiger partial charge >= 0.3 is 5.97 Å². The number of carboxylic acids is 1. The summed E-state index contributed by atoms with van der Waals surface area (Å²) in [7, 11) is 1.85. The molecule has 0 unspecified atom stereocenters. The number of hydrogen-bond donors (Lipinski definition) is 1. The quantitative estimate of drug-likeness (QED) is 0.844. The molecule has 5 heteroatoms. The first-order valence-electron chi connectivity index (χ1n) is 5.10. The van der Waals surface area contributed by atoms with Crippen LogP contribution in [0.15, 0.2) is 47.9 Å². The summed E-state index contributed by atoms with van der Waals surface area (Å²) < 4.78 is 1.81. The van der Waals surface area contributed by atoms with Gasteiger partial charge in [0, 0.05) is 19.4 Å². The number of thioether (sulfide) groups is 1. The molecule has 0 radical (unpaired) electrons. The van der Waals surface area contributed by atoms with Crippen molar-refractivity contribution in [1.82, 2.24) is 9.55 Å². The lowest BCUT2D eigenvalue weighted by Gasteiger charge is -2.11. The standard InChI is InChI=1S/C12H12N2O2S/c1-14-8-7-13-12(14)17-10(11(15)16)9-5-3-2-4-6-9/h2-8,10H,1H3,(H,15,16)/t10-/m0/s1. The van der Waals surface area contributed by atoms with Gasteiger partial charge in [-0.05, 0) is 5.56 Å². The van der Waals surface area contributed by atoms with Crippen LogP contribution < -0.4 is 0 Å². The monoisotopic (exact) mass is 248 g/mol. The Kier molecular flexibility index (Phi) is 3.49. The predicted octanol–water partition coefficient (Wildman–Crippen LogP) is 2.34. The highest BCUT2D eigenvalue weighted by Gasteiger charge is 2.22. The summed E-state index contributed by atoms with van der Waals surface area (Å²) in [5.41, 5.74) is 0.771. The van der Waals surface area contributed by atoms with Crippen molar-refractivity contribution in [1.29, 1.82) is 0 Å². The molecule has 1 aromatic heterocycles. The lowest BCUT2D eigenvalue weighted by atomic mass is 10.1. The van der Waals surface area contributed by atoms with Gasteiger partial charge in [-0.15, -0.1) is 0 Å². The fourth-order valence-corrected chi connectivity index (χ4v) is 2.41. The van der Waals surface area contributed by atoms with Crippen molar-refractivity contribution < 1.29 is 9.90 Å². The van der Waals surface area contributed by atoms with E-state index in [9.17, 15) is 9.90 Å². The van der Waals surface area contributed by atoms with E-state index < -0.39 is 11.2 Å². The molecule has 88 valence electrons. The predicted molar refractivity (Wildman–Crippen MR) is 65.9 cm³/mol. The first-order chi connectivity index (χ1) is 8.18. The molecule has 1 heterocycles. The second-order valence-electron chi connectivity index (χ2n) is 3.57. The van der Waals surface area contributed by atoms with Gasteiger partial charge in [-0.25, -0.2) is 4.98 Å². The molecule has 1 aromatic carbocycles. The SMILES string of the molecule is Cn1ccnc1S[C@H](C(=O)O)c1ccccc1. The molecular formula is C12H12N2O2S. The Morgan fingerprint density at radius 3 is 2.65 bits per heavy atom. The molecule has 0 bridgehead atoms. The van der Waals surface area contributed by atoms with Gasteiger partial charge in [0.15, 0.2) is 5.16 Å². The number of aromatic nitrogens is 2. The van der Waals surface area contributed by atoms with Gasteiger partial charge < -0.3 is 9.67 Å². The average Bonchev–Trinajstić information content (AvgIpc) is 2.72. The van der Waals surface area contributed by atoms with Crippen LogP contribution in [-0.4, -0.2) is 20.6 Å². The number of carboxylic acid groups (broad SMARTS) is 1. The molecule has 2 rings (SSSR count). The molecular weight excluding hydrogens is 236 g/mol. The Hall–Kier alpha value is -1.75. The van der Waals surface area contributed by atoms with Gasteiger partial charge in [0.25, 0.3) is 0 Å². The van der Waals surface area contributed by atoms with Gasteiger partial charge in [-0.1, -0.05) is 42.1 Å². The fraction of sp³-hybridized carbons (Fsp3) is 0.167. The summed E-state index contributed by atoms with van der Waals surface area (Å²) in [6.07, 6.45) is 3.46. The van der Waals surface area contributed by atoms with E-state index in [1.165, 1.54) is 11.8 Å². The minimum absolute atomic E-state index is 0.628. The number of aryl methyl sites for hydroxylation is 1. The van der Waals surface area contributed by atoms with Gasteiger partial charge in [-0.2, -0.15) is 0 Å². The summed E-state index contributed by atoms with van der Waals surface area (Å²) in [4.78, 5) is 15.4. The van der Waals surface area contributed by atoms with E-state index in [0.717, 1.165) is 5.56 Å². The summed E-state index contributed by atoms with van der Waals surface area (Å²) in [5, 5.41) is 9.33. The highest BCUT2D eigenvalue weighted by atomic mass is 32.2. The topological polar surface area (TPSA) is 55.1 Å². The maximum absolute atomic E-state index is 11.3. The number of hydrogen-bond acceptors (Lipinski definition) is 3. The normalized spacial score (nSPS) is 12.3. The lowest BCUT2D eigenvalue weighted by Crippen LogP contribution is -2.08. The molecule has 0 saturated carbocycles. The maximum atomic E-state index is 11.3. The minimum Gasteiger partial charge on any atom is -0.480 e. The van der Waals surface area contributed by atoms with Crippen molar-refractivity contribution in [3.63, 3.8) is 0 Å². The molecule has 1 N–H and O–H groups in total. The summed E-state index contributed by atoms with van der Waals surface area (Å²) in [6.45, 7) is 0. The van der Waals surface area contributed by atoms with Crippen molar-refractivity contribution >= 4 is 17.7 Å². The van der Waals surface area contributed by atoms with Crippen LogP contribution in [0.5, 0.6) is 0 Å². The summed E-state index contributed by atoms with van der Waals surface area (Å²) >= 11 is 1.24. The molecule has 0 amide bonds. The zero-order chi connectivity index (χ0) is 12.3. The van der Waals surface area contributed by atoms with Gasteiger partial charge in [0.2, 0.25) is 0 Å². The molecule has 4 nitrogen and oxygen atoms in total. The molecule has 0 aliphatic heterocycles. The minimum atomic E-state index is -0.857. The van der Waals surface area contributed by atoms with Crippen LogP contribution in [0.2, 0.25) is 0 Å². The van der Waals surface area contributed by atoms with Crippen molar-refractivity contribution in [3.05, 3.63) is 48.3 Å². The second kappa shape index (κ2) is 5.05. The summed E-state index contributed by atoms with van der Waals surface area (Å²) in [5.74, 6) is -0.857. The van der Waals surface area contributed by atoms with Gasteiger partial charge in [0.05, 0.1) is 0 Å². The van der Waals surface area contributed by atoms with Crippen LogP contribution >= 0.6 is 11.8 Å². The largest absolute Gasteiger partial charge is 0.480 e. The highest BCUT2D eigenvalue weighted by molar-refractivity contribution is 8.00. The zero-order valence-corrected chi connectivity index (χ0v) is 10.1. The van der Waals surface area contributed by atoms with E-state index in [1.807, 2.05) is 41.9 Å². The van der Waals surface area contributed by atoms with E-state index in [0.29, 0.717) is 5.16 Å². The zero-order valence-electron chi connectivity index (χ0n) is 9.28. The Balaban J connectivity index is 2.26. The van der Waals surface area contributed by atoms with Crippen LogP contribution in [0.25, 0.3) is 0 Å². The first-order valence-corrected chi connectivity index (χ1v) is 5.98. The van der Waals surface area contributed by atoms with Crippen molar-refractivity contribution in [2.24, 2.45) is 7.05 Å². The molecule has 0 spiro atoms. The van der Waals surface area contributed by atoms with Crippen molar-refractivity contribution in [2.45, 2.75) is 10.4 Å². The molecule has 0 saturated heterocycles. The van der Waals surface area contributed by atoms with Crippen LogP contribution in [0.1, 0.15) is 10.8 Å². The van der Waals surface area contributed by atoms with Gasteiger partial charge in [0.1, 0.15) is 5.25 Å². The van der Waals surface area contributed by atoms with Crippen LogP contribution in [0.3, 0.4) is 0 Å². The third-order valence-corrected chi connectivity index (χ3v) is 3.64. The van der Waals surface area contributed by atoms with Crippen LogP contribution in [-0.2, 0) is 11.8 Å². The van der Waals surface area contributed by atoms with Gasteiger partial charge in [-0.3, -0.25) is 4.79 Å². The molecule has 1 atom stereocenters. The summed E-state index contributed by atoms with van der Waals surface area (Å²) in [6, 6.07) is 9.17. The number of imidazole rings is 1. The number of rotatable bonds is 4. The molecule has 0 fully saturated rings. The molecule has 17 heavy (non-hydrogen) atoms. The van der Waals surface area contributed by atoms with E-state index >= 15 is 0 Å². The third-order valence-electron chi connectivity index (χ3n) is 2.33. The van der Waals surface area contributed by atoms with E-state index in [1.54, 1.807) is 12.4 Å². The number of aliphatic carboxylic acids is 1. The van der Waals surface area contributed by atoms with Crippen LogP contribution in [0, 0.1) is 0 Å². The molecule has 0 aliphatic rings. The van der Waals surface area contributed by atoms with E-state index in [2.05, 4.69) is 4.98 Å². The lowest BCUT2D eigenvalue weighted by molar-refractivity contribution is -0.136. The number of benzene rings is 1. The first kappa shape index (κ1) is 11.7. The average molecular weight is 248 g/mol.